The minimum absolute atomic E-state index is 0.150. The molecule has 3 unspecified atom stereocenters. The lowest BCUT2D eigenvalue weighted by molar-refractivity contribution is -0.124. The van der Waals surface area contributed by atoms with Crippen LogP contribution >= 0.6 is 0 Å². The topological polar surface area (TPSA) is 89.8 Å². The van der Waals surface area contributed by atoms with Gasteiger partial charge >= 0.3 is 0 Å². The maximum Gasteiger partial charge on any atom is 0.220 e. The number of aliphatic hydroxyl groups is 3. The zero-order valence-electron chi connectivity index (χ0n) is 35.9. The summed E-state index contributed by atoms with van der Waals surface area (Å²) < 4.78 is 0. The van der Waals surface area contributed by atoms with E-state index in [0.29, 0.717) is 12.8 Å². The fourth-order valence-electron chi connectivity index (χ4n) is 7.63. The summed E-state index contributed by atoms with van der Waals surface area (Å²) in [6.45, 7) is 4.19. The molecule has 0 saturated carbocycles. The quantitative estimate of drug-likeness (QED) is 0.0369. The Morgan fingerprint density at radius 2 is 0.755 bits per heavy atom. The summed E-state index contributed by atoms with van der Waals surface area (Å²) in [5.74, 6) is -0.150. The second-order valence-electron chi connectivity index (χ2n) is 16.7. The van der Waals surface area contributed by atoms with Crippen LogP contribution in [-0.4, -0.2) is 46.1 Å². The number of rotatable bonds is 44. The van der Waals surface area contributed by atoms with E-state index < -0.39 is 18.2 Å². The standard InChI is InChI=1S/C48H95NO4/c1-3-5-7-9-11-13-15-17-19-21-22-23-24-25-26-27-28-30-32-34-36-38-40-42-46(51)48(53)45(44-50)49-47(52)43-41-39-37-35-33-31-29-20-18-16-14-12-10-8-6-4-2/h34,36,45-46,48,50-51,53H,3-33,35,37-44H2,1-2H3,(H,49,52)/b36-34+. The van der Waals surface area contributed by atoms with Crippen LogP contribution in [0.2, 0.25) is 0 Å². The van der Waals surface area contributed by atoms with Crippen LogP contribution in [0.1, 0.15) is 264 Å². The van der Waals surface area contributed by atoms with Crippen LogP contribution in [0, 0.1) is 0 Å². The molecule has 0 rings (SSSR count). The Morgan fingerprint density at radius 1 is 0.453 bits per heavy atom. The number of unbranched alkanes of at least 4 members (excludes halogenated alkanes) is 34. The molecule has 0 aromatic carbocycles. The first kappa shape index (κ1) is 52.1. The Kier molecular flexibility index (Phi) is 43.1. The van der Waals surface area contributed by atoms with Crippen LogP contribution in [0.3, 0.4) is 0 Å². The predicted molar refractivity (Wildman–Crippen MR) is 232 cm³/mol. The average Bonchev–Trinajstić information content (AvgIpc) is 3.16. The van der Waals surface area contributed by atoms with Gasteiger partial charge in [-0.2, -0.15) is 0 Å². The zero-order chi connectivity index (χ0) is 38.7. The van der Waals surface area contributed by atoms with Crippen molar-refractivity contribution in [2.24, 2.45) is 0 Å². The third kappa shape index (κ3) is 39.1. The van der Waals surface area contributed by atoms with Gasteiger partial charge in [0, 0.05) is 6.42 Å². The Hall–Kier alpha value is -0.910. The molecular formula is C48H95NO4. The number of allylic oxidation sites excluding steroid dienone is 2. The van der Waals surface area contributed by atoms with Crippen LogP contribution < -0.4 is 5.32 Å². The molecule has 1 amide bonds. The Balaban J connectivity index is 3.59. The van der Waals surface area contributed by atoms with Crippen molar-refractivity contribution < 1.29 is 20.1 Å². The van der Waals surface area contributed by atoms with Crippen LogP contribution in [0.15, 0.2) is 12.2 Å². The van der Waals surface area contributed by atoms with Gasteiger partial charge < -0.3 is 20.6 Å². The third-order valence-corrected chi connectivity index (χ3v) is 11.4. The highest BCUT2D eigenvalue weighted by Crippen LogP contribution is 2.17. The van der Waals surface area contributed by atoms with Gasteiger partial charge in [-0.3, -0.25) is 4.79 Å². The minimum atomic E-state index is -1.15. The summed E-state index contributed by atoms with van der Waals surface area (Å²) in [4.78, 5) is 12.4. The molecule has 3 atom stereocenters. The van der Waals surface area contributed by atoms with Gasteiger partial charge in [0.15, 0.2) is 0 Å². The highest BCUT2D eigenvalue weighted by atomic mass is 16.3. The van der Waals surface area contributed by atoms with Crippen molar-refractivity contribution in [1.29, 1.82) is 0 Å². The maximum atomic E-state index is 12.4. The van der Waals surface area contributed by atoms with E-state index in [2.05, 4.69) is 31.3 Å². The van der Waals surface area contributed by atoms with Crippen LogP contribution in [0.25, 0.3) is 0 Å². The molecule has 0 bridgehead atoms. The molecule has 0 saturated heterocycles. The number of hydrogen-bond donors (Lipinski definition) is 4. The largest absolute Gasteiger partial charge is 0.394 e. The molecule has 0 aromatic rings. The molecule has 0 heterocycles. The minimum Gasteiger partial charge on any atom is -0.394 e. The second-order valence-corrected chi connectivity index (χ2v) is 16.7. The molecule has 0 aliphatic heterocycles. The highest BCUT2D eigenvalue weighted by molar-refractivity contribution is 5.76. The van der Waals surface area contributed by atoms with Crippen LogP contribution in [0.4, 0.5) is 0 Å². The number of aliphatic hydroxyl groups excluding tert-OH is 3. The van der Waals surface area contributed by atoms with Gasteiger partial charge in [0.25, 0.3) is 0 Å². The van der Waals surface area contributed by atoms with Gasteiger partial charge in [0.1, 0.15) is 6.10 Å². The maximum absolute atomic E-state index is 12.4. The van der Waals surface area contributed by atoms with E-state index >= 15 is 0 Å². The first-order chi connectivity index (χ1) is 26.1. The molecule has 53 heavy (non-hydrogen) atoms. The SMILES string of the molecule is CCCCCCCCCCCCCCCCCCCC/C=C/CCCC(O)C(O)C(CO)NC(=O)CCCCCCCCCCCCCCCCCC. The average molecular weight is 750 g/mol. The molecule has 0 aliphatic carbocycles. The van der Waals surface area contributed by atoms with Crippen molar-refractivity contribution in [3.63, 3.8) is 0 Å². The molecule has 0 aliphatic rings. The molecule has 5 nitrogen and oxygen atoms in total. The molecule has 4 N–H and O–H groups in total. The summed E-state index contributed by atoms with van der Waals surface area (Å²) >= 11 is 0. The molecule has 0 fully saturated rings. The van der Waals surface area contributed by atoms with E-state index in [0.717, 1.165) is 38.5 Å². The zero-order valence-corrected chi connectivity index (χ0v) is 35.9. The highest BCUT2D eigenvalue weighted by Gasteiger charge is 2.26. The Labute approximate surface area is 331 Å². The van der Waals surface area contributed by atoms with E-state index in [9.17, 15) is 20.1 Å². The smallest absolute Gasteiger partial charge is 0.220 e. The normalized spacial score (nSPS) is 13.5. The monoisotopic (exact) mass is 750 g/mol. The lowest BCUT2D eigenvalue weighted by Crippen LogP contribution is -2.50. The number of carbonyl (C=O) groups is 1. The lowest BCUT2D eigenvalue weighted by Gasteiger charge is -2.26. The molecule has 0 spiro atoms. The van der Waals surface area contributed by atoms with Gasteiger partial charge in [0.2, 0.25) is 5.91 Å². The van der Waals surface area contributed by atoms with E-state index in [1.807, 2.05) is 0 Å². The molecule has 5 heteroatoms. The van der Waals surface area contributed by atoms with Crippen LogP contribution in [-0.2, 0) is 4.79 Å². The van der Waals surface area contributed by atoms with Crippen molar-refractivity contribution in [3.05, 3.63) is 12.2 Å². The van der Waals surface area contributed by atoms with Crippen molar-refractivity contribution in [1.82, 2.24) is 5.32 Å². The van der Waals surface area contributed by atoms with E-state index in [-0.39, 0.29) is 12.5 Å². The first-order valence-electron chi connectivity index (χ1n) is 24.0. The fraction of sp³-hybridized carbons (Fsp3) is 0.938. The number of hydrogen-bond acceptors (Lipinski definition) is 4. The summed E-state index contributed by atoms with van der Waals surface area (Å²) in [5, 5.41) is 33.6. The van der Waals surface area contributed by atoms with Gasteiger partial charge in [0.05, 0.1) is 18.8 Å². The number of nitrogens with one attached hydrogen (secondary N) is 1. The summed E-state index contributed by atoms with van der Waals surface area (Å²) in [6.07, 6.45) is 51.9. The van der Waals surface area contributed by atoms with Gasteiger partial charge in [-0.05, 0) is 38.5 Å². The summed E-state index contributed by atoms with van der Waals surface area (Å²) in [5.41, 5.74) is 0. The predicted octanol–water partition coefficient (Wildman–Crippen LogP) is 14.0. The summed E-state index contributed by atoms with van der Waals surface area (Å²) in [6, 6.07) is -0.821. The third-order valence-electron chi connectivity index (χ3n) is 11.4. The fourth-order valence-corrected chi connectivity index (χ4v) is 7.63. The van der Waals surface area contributed by atoms with E-state index in [4.69, 9.17) is 0 Å². The van der Waals surface area contributed by atoms with Gasteiger partial charge in [-0.1, -0.05) is 231 Å². The van der Waals surface area contributed by atoms with E-state index in [1.54, 1.807) is 0 Å². The van der Waals surface area contributed by atoms with Gasteiger partial charge in [-0.15, -0.1) is 0 Å². The molecule has 0 aromatic heterocycles. The van der Waals surface area contributed by atoms with Crippen molar-refractivity contribution >= 4 is 5.91 Å². The first-order valence-corrected chi connectivity index (χ1v) is 24.0. The van der Waals surface area contributed by atoms with E-state index in [1.165, 1.54) is 199 Å². The van der Waals surface area contributed by atoms with Crippen molar-refractivity contribution in [2.75, 3.05) is 6.61 Å². The van der Waals surface area contributed by atoms with Crippen molar-refractivity contribution in [3.8, 4) is 0 Å². The second kappa shape index (κ2) is 43.8. The number of amides is 1. The Morgan fingerprint density at radius 3 is 1.09 bits per heavy atom. The van der Waals surface area contributed by atoms with Crippen molar-refractivity contribution in [2.45, 2.75) is 283 Å². The molecule has 0 radical (unpaired) electrons. The Bertz CT molecular complexity index is 743. The van der Waals surface area contributed by atoms with Crippen LogP contribution in [0.5, 0.6) is 0 Å². The summed E-state index contributed by atoms with van der Waals surface area (Å²) in [7, 11) is 0. The number of carbonyl (C=O) groups excluding carboxylic acids is 1. The molecule has 316 valence electrons. The molecular weight excluding hydrogens is 655 g/mol. The van der Waals surface area contributed by atoms with Gasteiger partial charge in [-0.25, -0.2) is 0 Å². The lowest BCUT2D eigenvalue weighted by atomic mass is 10.0.